The monoisotopic (exact) mass is 512 g/mol. The average molecular weight is 513 g/mol. The number of ether oxygens (including phenoxy) is 3. The molecule has 0 saturated heterocycles. The lowest BCUT2D eigenvalue weighted by atomic mass is 9.99. The number of unbranched alkanes of at least 4 members (excludes halogenated alkanes) is 4. The van der Waals surface area contributed by atoms with Gasteiger partial charge in [0.05, 0.1) is 24.9 Å². The first-order valence-corrected chi connectivity index (χ1v) is 13.6. The van der Waals surface area contributed by atoms with Crippen molar-refractivity contribution in [1.29, 1.82) is 0 Å². The van der Waals surface area contributed by atoms with Crippen LogP contribution in [0.1, 0.15) is 91.2 Å². The second-order valence-corrected chi connectivity index (χ2v) is 9.60. The Labute approximate surface area is 222 Å². The largest absolute Gasteiger partial charge is 0.491 e. The summed E-state index contributed by atoms with van der Waals surface area (Å²) in [5, 5.41) is 6.08. The fraction of sp³-hybridized carbons (Fsp3) is 0.533. The highest BCUT2D eigenvalue weighted by Crippen LogP contribution is 2.27. The fourth-order valence-corrected chi connectivity index (χ4v) is 3.91. The van der Waals surface area contributed by atoms with Gasteiger partial charge in [0.15, 0.2) is 5.60 Å². The number of urea groups is 1. The summed E-state index contributed by atoms with van der Waals surface area (Å²) in [5.41, 5.74) is 0.518. The van der Waals surface area contributed by atoms with Gasteiger partial charge in [0.1, 0.15) is 11.5 Å². The zero-order valence-corrected chi connectivity index (χ0v) is 23.1. The van der Waals surface area contributed by atoms with Crippen molar-refractivity contribution in [2.24, 2.45) is 0 Å². The van der Waals surface area contributed by atoms with Gasteiger partial charge < -0.3 is 24.8 Å². The van der Waals surface area contributed by atoms with Crippen molar-refractivity contribution in [3.05, 3.63) is 54.1 Å². The molecule has 0 aliphatic rings. The van der Waals surface area contributed by atoms with Crippen LogP contribution in [0.15, 0.2) is 48.5 Å². The molecule has 0 aromatic heterocycles. The van der Waals surface area contributed by atoms with Gasteiger partial charge in [0.2, 0.25) is 0 Å². The van der Waals surface area contributed by atoms with E-state index in [0.29, 0.717) is 30.4 Å². The molecule has 37 heavy (non-hydrogen) atoms. The number of anilines is 1. The molecule has 0 bridgehead atoms. The lowest BCUT2D eigenvalue weighted by molar-refractivity contribution is -0.158. The molecule has 2 aromatic rings. The van der Waals surface area contributed by atoms with Crippen molar-refractivity contribution in [2.75, 3.05) is 18.5 Å². The van der Waals surface area contributed by atoms with E-state index in [-0.39, 0.29) is 12.1 Å². The molecule has 2 amide bonds. The maximum Gasteiger partial charge on any atom is 0.349 e. The van der Waals surface area contributed by atoms with Gasteiger partial charge in [0, 0.05) is 0 Å². The summed E-state index contributed by atoms with van der Waals surface area (Å²) < 4.78 is 16.8. The molecule has 0 aliphatic carbocycles. The second kappa shape index (κ2) is 15.8. The van der Waals surface area contributed by atoms with Crippen LogP contribution in [-0.4, -0.2) is 30.8 Å². The van der Waals surface area contributed by atoms with E-state index < -0.39 is 11.6 Å². The number of para-hydroxylation sites is 2. The minimum atomic E-state index is -1.10. The molecule has 2 N–H and O–H groups in total. The first-order valence-electron chi connectivity index (χ1n) is 13.6. The molecule has 204 valence electrons. The van der Waals surface area contributed by atoms with Crippen LogP contribution in [0.25, 0.3) is 0 Å². The first kappa shape index (κ1) is 30.0. The Morgan fingerprint density at radius 2 is 1.59 bits per heavy atom. The van der Waals surface area contributed by atoms with Gasteiger partial charge >= 0.3 is 12.0 Å². The highest BCUT2D eigenvalue weighted by Gasteiger charge is 2.31. The number of nitrogens with one attached hydrogen (secondary N) is 2. The third-order valence-corrected chi connectivity index (χ3v) is 5.92. The predicted octanol–water partition coefficient (Wildman–Crippen LogP) is 7.42. The Balaban J connectivity index is 2.11. The molecule has 1 unspecified atom stereocenters. The fourth-order valence-electron chi connectivity index (χ4n) is 3.91. The summed E-state index contributed by atoms with van der Waals surface area (Å²) in [6, 6.07) is 14.5. The van der Waals surface area contributed by atoms with E-state index in [0.717, 1.165) is 31.2 Å². The Bertz CT molecular complexity index is 959. The molecule has 1 atom stereocenters. The lowest BCUT2D eigenvalue weighted by Gasteiger charge is -2.25. The highest BCUT2D eigenvalue weighted by atomic mass is 16.6. The van der Waals surface area contributed by atoms with Crippen molar-refractivity contribution in [3.63, 3.8) is 0 Å². The molecule has 7 nitrogen and oxygen atoms in total. The summed E-state index contributed by atoms with van der Waals surface area (Å²) in [4.78, 5) is 25.2. The topological polar surface area (TPSA) is 85.9 Å². The molecule has 0 spiro atoms. The van der Waals surface area contributed by atoms with Crippen LogP contribution in [0.2, 0.25) is 0 Å². The Morgan fingerprint density at radius 1 is 0.892 bits per heavy atom. The van der Waals surface area contributed by atoms with Crippen molar-refractivity contribution in [1.82, 2.24) is 5.32 Å². The van der Waals surface area contributed by atoms with Crippen LogP contribution < -0.4 is 20.1 Å². The third kappa shape index (κ3) is 10.3. The smallest absolute Gasteiger partial charge is 0.349 e. The molecule has 0 saturated carbocycles. The highest BCUT2D eigenvalue weighted by molar-refractivity contribution is 5.91. The van der Waals surface area contributed by atoms with Crippen LogP contribution in [0, 0.1) is 0 Å². The number of rotatable bonds is 16. The van der Waals surface area contributed by atoms with Crippen molar-refractivity contribution in [2.45, 2.75) is 91.2 Å². The van der Waals surface area contributed by atoms with Crippen LogP contribution in [-0.2, 0) is 9.53 Å². The number of esters is 1. The number of hydrogen-bond acceptors (Lipinski definition) is 5. The summed E-state index contributed by atoms with van der Waals surface area (Å²) in [6.07, 6.45) is 7.43. The quantitative estimate of drug-likeness (QED) is 0.181. The van der Waals surface area contributed by atoms with E-state index in [9.17, 15) is 9.59 Å². The number of hydrogen-bond donors (Lipinski definition) is 2. The van der Waals surface area contributed by atoms with E-state index in [2.05, 4.69) is 17.6 Å². The number of benzene rings is 2. The molecule has 0 radical (unpaired) electrons. The average Bonchev–Trinajstić information content (AvgIpc) is 2.88. The van der Waals surface area contributed by atoms with Crippen molar-refractivity contribution in [3.8, 4) is 11.5 Å². The minimum Gasteiger partial charge on any atom is -0.491 e. The van der Waals surface area contributed by atoms with E-state index in [1.165, 1.54) is 19.3 Å². The third-order valence-electron chi connectivity index (χ3n) is 5.92. The minimum absolute atomic E-state index is 0.169. The van der Waals surface area contributed by atoms with E-state index in [4.69, 9.17) is 14.2 Å². The van der Waals surface area contributed by atoms with Crippen LogP contribution in [0.3, 0.4) is 0 Å². The van der Waals surface area contributed by atoms with Crippen molar-refractivity contribution >= 4 is 17.7 Å². The van der Waals surface area contributed by atoms with Gasteiger partial charge in [-0.3, -0.25) is 0 Å². The van der Waals surface area contributed by atoms with Gasteiger partial charge in [-0.15, -0.1) is 0 Å². The Hall–Kier alpha value is -3.22. The zero-order chi connectivity index (χ0) is 27.1. The van der Waals surface area contributed by atoms with Gasteiger partial charge in [0.25, 0.3) is 0 Å². The molecule has 2 aromatic carbocycles. The predicted molar refractivity (Wildman–Crippen MR) is 148 cm³/mol. The van der Waals surface area contributed by atoms with Gasteiger partial charge in [-0.2, -0.15) is 0 Å². The zero-order valence-electron chi connectivity index (χ0n) is 23.1. The van der Waals surface area contributed by atoms with Crippen molar-refractivity contribution < 1.29 is 23.8 Å². The SMILES string of the molecule is CCCCCCCC(NC(=O)Nc1ccccc1OCCC)c1ccc(OC(C)(C)C(=O)OCC)cc1. The molecule has 7 heteroatoms. The second-order valence-electron chi connectivity index (χ2n) is 9.60. The number of carbonyl (C=O) groups excluding carboxylic acids is 2. The van der Waals surface area contributed by atoms with Crippen LogP contribution in [0.4, 0.5) is 10.5 Å². The molecular formula is C30H44N2O5. The molecule has 2 rings (SSSR count). The Morgan fingerprint density at radius 3 is 2.27 bits per heavy atom. The normalized spacial score (nSPS) is 11.9. The molecule has 0 fully saturated rings. The summed E-state index contributed by atoms with van der Waals surface area (Å²) in [5.74, 6) is 0.807. The van der Waals surface area contributed by atoms with Crippen LogP contribution in [0.5, 0.6) is 11.5 Å². The molecule has 0 heterocycles. The summed E-state index contributed by atoms with van der Waals surface area (Å²) in [6.45, 7) is 10.3. The molecular weight excluding hydrogens is 468 g/mol. The maximum atomic E-state index is 13.0. The van der Waals surface area contributed by atoms with E-state index >= 15 is 0 Å². The summed E-state index contributed by atoms with van der Waals surface area (Å²) >= 11 is 0. The molecule has 0 aliphatic heterocycles. The summed E-state index contributed by atoms with van der Waals surface area (Å²) in [7, 11) is 0. The standard InChI is InChI=1S/C30H44N2O5/c1-6-9-10-11-12-15-25(31-29(34)32-26-16-13-14-17-27(26)36-22-7-2)23-18-20-24(21-19-23)37-30(4,5)28(33)35-8-3/h13-14,16-21,25H,6-12,15,22H2,1-5H3,(H2,31,32,34). The van der Waals surface area contributed by atoms with Gasteiger partial charge in [-0.05, 0) is 63.4 Å². The maximum absolute atomic E-state index is 13.0. The van der Waals surface area contributed by atoms with Gasteiger partial charge in [-0.25, -0.2) is 9.59 Å². The number of amides is 2. The van der Waals surface area contributed by atoms with E-state index in [1.807, 2.05) is 55.5 Å². The van der Waals surface area contributed by atoms with Crippen LogP contribution >= 0.6 is 0 Å². The Kier molecular flexibility index (Phi) is 12.8. The van der Waals surface area contributed by atoms with E-state index in [1.54, 1.807) is 20.8 Å². The number of carbonyl (C=O) groups is 2. The van der Waals surface area contributed by atoms with Gasteiger partial charge in [-0.1, -0.05) is 70.2 Å². The first-order chi connectivity index (χ1) is 17.8. The lowest BCUT2D eigenvalue weighted by Crippen LogP contribution is -2.39.